The van der Waals surface area contributed by atoms with E-state index >= 15 is 0 Å². The molecule has 2 unspecified atom stereocenters. The summed E-state index contributed by atoms with van der Waals surface area (Å²) in [4.78, 5) is 2.61. The summed E-state index contributed by atoms with van der Waals surface area (Å²) < 4.78 is 0. The summed E-state index contributed by atoms with van der Waals surface area (Å²) in [5.41, 5.74) is 0.322. The lowest BCUT2D eigenvalue weighted by atomic mass is 9.94. The molecule has 2 nitrogen and oxygen atoms in total. The van der Waals surface area contributed by atoms with Gasteiger partial charge < -0.3 is 5.32 Å². The van der Waals surface area contributed by atoms with Crippen LogP contribution in [0.1, 0.15) is 40.5 Å². The first-order valence-electron chi connectivity index (χ1n) is 6.21. The molecule has 1 rings (SSSR count). The highest BCUT2D eigenvalue weighted by Gasteiger charge is 2.31. The van der Waals surface area contributed by atoms with Crippen molar-refractivity contribution in [2.24, 2.45) is 0 Å². The van der Waals surface area contributed by atoms with Crippen LogP contribution in [0.4, 0.5) is 0 Å². The molecule has 0 aliphatic carbocycles. The fraction of sp³-hybridized carbons (Fsp3) is 0.846. The second-order valence-corrected chi connectivity index (χ2v) is 4.97. The molecule has 0 bridgehead atoms. The van der Waals surface area contributed by atoms with Gasteiger partial charge in [-0.2, -0.15) is 0 Å². The van der Waals surface area contributed by atoms with Crippen molar-refractivity contribution < 1.29 is 0 Å². The zero-order valence-corrected chi connectivity index (χ0v) is 10.7. The topological polar surface area (TPSA) is 15.3 Å². The molecule has 1 aliphatic heterocycles. The number of rotatable bonds is 4. The predicted octanol–water partition coefficient (Wildman–Crippen LogP) is 2.42. The van der Waals surface area contributed by atoms with Crippen LogP contribution in [0.5, 0.6) is 0 Å². The first kappa shape index (κ1) is 12.7. The Morgan fingerprint density at radius 1 is 1.53 bits per heavy atom. The molecule has 15 heavy (non-hydrogen) atoms. The normalized spacial score (nSPS) is 33.7. The third-order valence-electron chi connectivity index (χ3n) is 3.60. The van der Waals surface area contributed by atoms with Crippen LogP contribution >= 0.6 is 0 Å². The third kappa shape index (κ3) is 3.62. The van der Waals surface area contributed by atoms with E-state index < -0.39 is 0 Å². The van der Waals surface area contributed by atoms with E-state index in [0.29, 0.717) is 11.6 Å². The van der Waals surface area contributed by atoms with Crippen LogP contribution in [0, 0.1) is 0 Å². The van der Waals surface area contributed by atoms with Crippen LogP contribution in [0.15, 0.2) is 12.2 Å². The highest BCUT2D eigenvalue weighted by molar-refractivity contribution is 4.93. The molecule has 0 spiro atoms. The Bertz CT molecular complexity index is 213. The number of hydrogen-bond donors (Lipinski definition) is 1. The van der Waals surface area contributed by atoms with Crippen molar-refractivity contribution in [3.8, 4) is 0 Å². The Hall–Kier alpha value is -0.340. The van der Waals surface area contributed by atoms with Gasteiger partial charge in [-0.15, -0.1) is 0 Å². The molecule has 2 heteroatoms. The minimum absolute atomic E-state index is 0.322. The van der Waals surface area contributed by atoms with Crippen molar-refractivity contribution in [3.63, 3.8) is 0 Å². The number of allylic oxidation sites excluding steroid dienone is 1. The van der Waals surface area contributed by atoms with Gasteiger partial charge in [0.2, 0.25) is 0 Å². The van der Waals surface area contributed by atoms with Gasteiger partial charge in [0.25, 0.3) is 0 Å². The van der Waals surface area contributed by atoms with Crippen LogP contribution in [0.25, 0.3) is 0 Å². The summed E-state index contributed by atoms with van der Waals surface area (Å²) in [6, 6.07) is 0.676. The lowest BCUT2D eigenvalue weighted by Gasteiger charge is -2.45. The fourth-order valence-electron chi connectivity index (χ4n) is 2.13. The van der Waals surface area contributed by atoms with Gasteiger partial charge in [0.15, 0.2) is 0 Å². The average molecular weight is 210 g/mol. The SMILES string of the molecule is C/C=C/CCN1CC(C)(CC)NCC1C. The fourth-order valence-corrected chi connectivity index (χ4v) is 2.13. The van der Waals surface area contributed by atoms with E-state index in [9.17, 15) is 0 Å². The number of hydrogen-bond acceptors (Lipinski definition) is 2. The van der Waals surface area contributed by atoms with Crippen molar-refractivity contribution >= 4 is 0 Å². The highest BCUT2D eigenvalue weighted by atomic mass is 15.2. The number of piperazine rings is 1. The summed E-state index contributed by atoms with van der Waals surface area (Å²) in [6.45, 7) is 12.5. The highest BCUT2D eigenvalue weighted by Crippen LogP contribution is 2.18. The van der Waals surface area contributed by atoms with Gasteiger partial charge in [0.05, 0.1) is 0 Å². The van der Waals surface area contributed by atoms with Gasteiger partial charge >= 0.3 is 0 Å². The summed E-state index contributed by atoms with van der Waals surface area (Å²) >= 11 is 0. The molecule has 1 saturated heterocycles. The molecule has 0 amide bonds. The Morgan fingerprint density at radius 2 is 2.27 bits per heavy atom. The molecule has 0 aromatic heterocycles. The number of nitrogens with zero attached hydrogens (tertiary/aromatic N) is 1. The van der Waals surface area contributed by atoms with Gasteiger partial charge in [-0.05, 0) is 33.6 Å². The van der Waals surface area contributed by atoms with Crippen molar-refractivity contribution in [2.45, 2.75) is 52.1 Å². The van der Waals surface area contributed by atoms with E-state index in [1.54, 1.807) is 0 Å². The van der Waals surface area contributed by atoms with E-state index in [1.807, 2.05) is 0 Å². The molecule has 2 atom stereocenters. The molecule has 0 aromatic carbocycles. The van der Waals surface area contributed by atoms with E-state index in [4.69, 9.17) is 0 Å². The van der Waals surface area contributed by atoms with Gasteiger partial charge in [0, 0.05) is 31.2 Å². The smallest absolute Gasteiger partial charge is 0.0278 e. The molecule has 88 valence electrons. The molecule has 1 heterocycles. The predicted molar refractivity (Wildman–Crippen MR) is 67.2 cm³/mol. The number of nitrogens with one attached hydrogen (secondary N) is 1. The van der Waals surface area contributed by atoms with Crippen molar-refractivity contribution in [3.05, 3.63) is 12.2 Å². The maximum absolute atomic E-state index is 3.66. The minimum Gasteiger partial charge on any atom is -0.309 e. The van der Waals surface area contributed by atoms with Crippen molar-refractivity contribution in [2.75, 3.05) is 19.6 Å². The maximum atomic E-state index is 3.66. The van der Waals surface area contributed by atoms with E-state index in [2.05, 4.69) is 50.1 Å². The van der Waals surface area contributed by atoms with E-state index in [0.717, 1.165) is 6.54 Å². The summed E-state index contributed by atoms with van der Waals surface area (Å²) in [5.74, 6) is 0. The van der Waals surface area contributed by atoms with Crippen molar-refractivity contribution in [1.82, 2.24) is 10.2 Å². The third-order valence-corrected chi connectivity index (χ3v) is 3.60. The van der Waals surface area contributed by atoms with Crippen LogP contribution < -0.4 is 5.32 Å². The Kier molecular flexibility index (Phi) is 4.81. The molecule has 1 N–H and O–H groups in total. The Morgan fingerprint density at radius 3 is 2.87 bits per heavy atom. The quantitative estimate of drug-likeness (QED) is 0.717. The minimum atomic E-state index is 0.322. The summed E-state index contributed by atoms with van der Waals surface area (Å²) in [5, 5.41) is 3.66. The van der Waals surface area contributed by atoms with Crippen LogP contribution in [-0.2, 0) is 0 Å². The zero-order chi connectivity index (χ0) is 11.3. The van der Waals surface area contributed by atoms with E-state index in [-0.39, 0.29) is 0 Å². The zero-order valence-electron chi connectivity index (χ0n) is 10.7. The Balaban J connectivity index is 2.46. The van der Waals surface area contributed by atoms with Crippen molar-refractivity contribution in [1.29, 1.82) is 0 Å². The lowest BCUT2D eigenvalue weighted by Crippen LogP contribution is -2.61. The molecule has 0 aromatic rings. The second-order valence-electron chi connectivity index (χ2n) is 4.97. The maximum Gasteiger partial charge on any atom is 0.0278 e. The molecule has 0 radical (unpaired) electrons. The van der Waals surface area contributed by atoms with Gasteiger partial charge in [-0.1, -0.05) is 19.1 Å². The van der Waals surface area contributed by atoms with Crippen LogP contribution in [-0.4, -0.2) is 36.1 Å². The van der Waals surface area contributed by atoms with Crippen LogP contribution in [0.2, 0.25) is 0 Å². The largest absolute Gasteiger partial charge is 0.309 e. The molecular weight excluding hydrogens is 184 g/mol. The van der Waals surface area contributed by atoms with Gasteiger partial charge in [-0.3, -0.25) is 4.90 Å². The molecule has 1 aliphatic rings. The summed E-state index contributed by atoms with van der Waals surface area (Å²) in [6.07, 6.45) is 6.80. The van der Waals surface area contributed by atoms with Gasteiger partial charge in [-0.25, -0.2) is 0 Å². The van der Waals surface area contributed by atoms with Gasteiger partial charge in [0.1, 0.15) is 0 Å². The molecular formula is C13H26N2. The summed E-state index contributed by atoms with van der Waals surface area (Å²) in [7, 11) is 0. The molecule has 0 saturated carbocycles. The first-order valence-corrected chi connectivity index (χ1v) is 6.21. The monoisotopic (exact) mass is 210 g/mol. The molecule has 1 fully saturated rings. The Labute approximate surface area is 94.7 Å². The first-order chi connectivity index (χ1) is 7.11. The van der Waals surface area contributed by atoms with E-state index in [1.165, 1.54) is 25.9 Å². The average Bonchev–Trinajstić information content (AvgIpc) is 2.24. The lowest BCUT2D eigenvalue weighted by molar-refractivity contribution is 0.0950. The van der Waals surface area contributed by atoms with Crippen LogP contribution in [0.3, 0.4) is 0 Å². The standard InChI is InChI=1S/C13H26N2/c1-5-7-8-9-15-11-13(4,6-2)14-10-12(15)3/h5,7,12,14H,6,8-11H2,1-4H3/b7-5+. The second kappa shape index (κ2) is 5.66.